The Labute approximate surface area is 115 Å². The maximum absolute atomic E-state index is 6.08. The Morgan fingerprint density at radius 2 is 2.17 bits per heavy atom. The third-order valence-electron chi connectivity index (χ3n) is 4.24. The van der Waals surface area contributed by atoms with E-state index in [0.29, 0.717) is 11.9 Å². The fraction of sp³-hybridized carbons (Fsp3) is 0.786. The number of halogens is 1. The first-order valence-electron chi connectivity index (χ1n) is 6.85. The lowest BCUT2D eigenvalue weighted by Crippen LogP contribution is -2.37. The van der Waals surface area contributed by atoms with Crippen LogP contribution in [0.3, 0.4) is 0 Å². The van der Waals surface area contributed by atoms with E-state index in [2.05, 4.69) is 24.0 Å². The maximum Gasteiger partial charge on any atom is 0.131 e. The highest BCUT2D eigenvalue weighted by Crippen LogP contribution is 2.32. The monoisotopic (exact) mass is 269 g/mol. The van der Waals surface area contributed by atoms with E-state index in [-0.39, 0.29) is 0 Å². The third kappa shape index (κ3) is 2.51. The summed E-state index contributed by atoms with van der Waals surface area (Å²) >= 11 is 6.08. The van der Waals surface area contributed by atoms with Crippen molar-refractivity contribution in [1.29, 1.82) is 0 Å². The van der Waals surface area contributed by atoms with E-state index in [1.807, 2.05) is 18.7 Å². The van der Waals surface area contributed by atoms with Gasteiger partial charge in [-0.25, -0.2) is 0 Å². The summed E-state index contributed by atoms with van der Waals surface area (Å²) in [6.07, 6.45) is 5.27. The lowest BCUT2D eigenvalue weighted by atomic mass is 9.86. The topological polar surface area (TPSA) is 21.1 Å². The van der Waals surface area contributed by atoms with Crippen LogP contribution in [-0.2, 0) is 12.9 Å². The van der Waals surface area contributed by atoms with Crippen molar-refractivity contribution in [2.45, 2.75) is 51.5 Å². The standard InChI is InChI=1S/C14H24ClN3/c1-10-6-5-7-12(8-10)17(3)14-13(9-15)11(2)16-18(14)4/h10,12H,5-9H2,1-4H3. The average Bonchev–Trinajstić information content (AvgIpc) is 2.62. The van der Waals surface area contributed by atoms with Crippen molar-refractivity contribution < 1.29 is 0 Å². The number of nitrogens with zero attached hydrogens (tertiary/aromatic N) is 3. The molecule has 0 amide bonds. The van der Waals surface area contributed by atoms with Gasteiger partial charge in [-0.2, -0.15) is 5.10 Å². The molecule has 1 saturated carbocycles. The fourth-order valence-corrected chi connectivity index (χ4v) is 3.53. The van der Waals surface area contributed by atoms with Crippen molar-refractivity contribution in [2.24, 2.45) is 13.0 Å². The van der Waals surface area contributed by atoms with Crippen molar-refractivity contribution in [3.05, 3.63) is 11.3 Å². The van der Waals surface area contributed by atoms with Gasteiger partial charge in [-0.3, -0.25) is 4.68 Å². The molecule has 1 heterocycles. The Morgan fingerprint density at radius 3 is 2.78 bits per heavy atom. The van der Waals surface area contributed by atoms with Gasteiger partial charge >= 0.3 is 0 Å². The minimum Gasteiger partial charge on any atom is -0.357 e. The normalized spacial score (nSPS) is 24.3. The quantitative estimate of drug-likeness (QED) is 0.784. The molecular formula is C14H24ClN3. The van der Waals surface area contributed by atoms with Gasteiger partial charge in [-0.05, 0) is 25.7 Å². The van der Waals surface area contributed by atoms with Crippen molar-refractivity contribution in [2.75, 3.05) is 11.9 Å². The molecule has 18 heavy (non-hydrogen) atoms. The zero-order valence-electron chi connectivity index (χ0n) is 11.9. The predicted octanol–water partition coefficient (Wildman–Crippen LogP) is 3.48. The summed E-state index contributed by atoms with van der Waals surface area (Å²) in [6.45, 7) is 4.40. The molecule has 3 nitrogen and oxygen atoms in total. The van der Waals surface area contributed by atoms with Gasteiger partial charge < -0.3 is 4.90 Å². The van der Waals surface area contributed by atoms with Crippen LogP contribution in [0.2, 0.25) is 0 Å². The first kappa shape index (κ1) is 13.7. The summed E-state index contributed by atoms with van der Waals surface area (Å²) in [6, 6.07) is 0.630. The molecule has 0 radical (unpaired) electrons. The van der Waals surface area contributed by atoms with Crippen LogP contribution in [0.1, 0.15) is 43.9 Å². The number of hydrogen-bond donors (Lipinski definition) is 0. The van der Waals surface area contributed by atoms with E-state index in [4.69, 9.17) is 11.6 Å². The Bertz CT molecular complexity index is 413. The Morgan fingerprint density at radius 1 is 1.44 bits per heavy atom. The minimum atomic E-state index is 0.543. The first-order chi connectivity index (χ1) is 8.54. The molecule has 0 spiro atoms. The SMILES string of the molecule is Cc1nn(C)c(N(C)C2CCCC(C)C2)c1CCl. The molecule has 0 N–H and O–H groups in total. The Kier molecular flexibility index (Phi) is 4.21. The van der Waals surface area contributed by atoms with Crippen molar-refractivity contribution >= 4 is 17.4 Å². The smallest absolute Gasteiger partial charge is 0.131 e. The van der Waals surface area contributed by atoms with E-state index >= 15 is 0 Å². The predicted molar refractivity (Wildman–Crippen MR) is 77.3 cm³/mol. The number of rotatable bonds is 3. The summed E-state index contributed by atoms with van der Waals surface area (Å²) in [5.41, 5.74) is 2.23. The molecule has 0 aromatic carbocycles. The molecule has 2 atom stereocenters. The average molecular weight is 270 g/mol. The molecule has 0 aliphatic heterocycles. The largest absolute Gasteiger partial charge is 0.357 e. The molecule has 1 fully saturated rings. The molecule has 1 aliphatic rings. The van der Waals surface area contributed by atoms with Gasteiger partial charge in [-0.15, -0.1) is 11.6 Å². The fourth-order valence-electron chi connectivity index (χ4n) is 3.21. The lowest BCUT2D eigenvalue weighted by Gasteiger charge is -2.35. The zero-order chi connectivity index (χ0) is 13.3. The molecule has 1 aromatic heterocycles. The summed E-state index contributed by atoms with van der Waals surface area (Å²) in [5.74, 6) is 2.57. The van der Waals surface area contributed by atoms with E-state index in [1.165, 1.54) is 37.1 Å². The number of aromatic nitrogens is 2. The molecule has 1 aliphatic carbocycles. The molecule has 2 rings (SSSR count). The molecular weight excluding hydrogens is 246 g/mol. The van der Waals surface area contributed by atoms with Crippen LogP contribution in [0, 0.1) is 12.8 Å². The Hall–Kier alpha value is -0.700. The van der Waals surface area contributed by atoms with Crippen molar-refractivity contribution in [3.8, 4) is 0 Å². The van der Waals surface area contributed by atoms with Crippen LogP contribution >= 0.6 is 11.6 Å². The molecule has 1 aromatic rings. The Balaban J connectivity index is 2.24. The van der Waals surface area contributed by atoms with Gasteiger partial charge in [0.05, 0.1) is 11.6 Å². The second-order valence-corrected chi connectivity index (χ2v) is 5.95. The van der Waals surface area contributed by atoms with E-state index in [9.17, 15) is 0 Å². The van der Waals surface area contributed by atoms with Crippen molar-refractivity contribution in [1.82, 2.24) is 9.78 Å². The van der Waals surface area contributed by atoms with E-state index in [1.54, 1.807) is 0 Å². The van der Waals surface area contributed by atoms with Gasteiger partial charge in [0.25, 0.3) is 0 Å². The third-order valence-corrected chi connectivity index (χ3v) is 4.50. The number of anilines is 1. The number of aryl methyl sites for hydroxylation is 2. The van der Waals surface area contributed by atoms with Gasteiger partial charge in [0.15, 0.2) is 0 Å². The summed E-state index contributed by atoms with van der Waals surface area (Å²) < 4.78 is 1.98. The highest BCUT2D eigenvalue weighted by molar-refractivity contribution is 6.17. The number of hydrogen-bond acceptors (Lipinski definition) is 2. The summed E-state index contributed by atoms with van der Waals surface area (Å²) in [5, 5.41) is 4.51. The second kappa shape index (κ2) is 5.52. The van der Waals surface area contributed by atoms with Crippen molar-refractivity contribution in [3.63, 3.8) is 0 Å². The second-order valence-electron chi connectivity index (χ2n) is 5.68. The van der Waals surface area contributed by atoms with Crippen LogP contribution in [-0.4, -0.2) is 22.9 Å². The molecule has 0 saturated heterocycles. The zero-order valence-corrected chi connectivity index (χ0v) is 12.7. The van der Waals surface area contributed by atoms with Gasteiger partial charge in [-0.1, -0.05) is 19.8 Å². The van der Waals surface area contributed by atoms with Crippen LogP contribution in [0.15, 0.2) is 0 Å². The van der Waals surface area contributed by atoms with Crippen LogP contribution in [0.5, 0.6) is 0 Å². The van der Waals surface area contributed by atoms with Crippen LogP contribution in [0.4, 0.5) is 5.82 Å². The van der Waals surface area contributed by atoms with E-state index < -0.39 is 0 Å². The molecule has 4 heteroatoms. The summed E-state index contributed by atoms with van der Waals surface area (Å²) in [7, 11) is 4.20. The van der Waals surface area contributed by atoms with Crippen LogP contribution < -0.4 is 4.90 Å². The van der Waals surface area contributed by atoms with Crippen LogP contribution in [0.25, 0.3) is 0 Å². The highest BCUT2D eigenvalue weighted by atomic mass is 35.5. The van der Waals surface area contributed by atoms with Gasteiger partial charge in [0, 0.05) is 25.7 Å². The molecule has 102 valence electrons. The lowest BCUT2D eigenvalue weighted by molar-refractivity contribution is 0.334. The maximum atomic E-state index is 6.08. The van der Waals surface area contributed by atoms with Gasteiger partial charge in [0.2, 0.25) is 0 Å². The van der Waals surface area contributed by atoms with E-state index in [0.717, 1.165) is 11.6 Å². The molecule has 0 bridgehead atoms. The molecule has 2 unspecified atom stereocenters. The number of alkyl halides is 1. The first-order valence-corrected chi connectivity index (χ1v) is 7.39. The highest BCUT2D eigenvalue weighted by Gasteiger charge is 2.26. The summed E-state index contributed by atoms with van der Waals surface area (Å²) in [4.78, 5) is 2.40. The van der Waals surface area contributed by atoms with Gasteiger partial charge in [0.1, 0.15) is 5.82 Å². The minimum absolute atomic E-state index is 0.543.